The standard InChI is InChI=1S/C36H32FN2OSi/c1-22-7-10-24(11-8-22)25-12-14-26(15-13-25)34-27(20-38)16-18-29-28-17-9-23(2)33(35(28)40-36(29)34)31-19-32(41(4,5)6)30(37)21-39(31)3/h7-19,21H,1-6H3/q+1. The van der Waals surface area contributed by atoms with Crippen LogP contribution in [0.2, 0.25) is 19.6 Å². The van der Waals surface area contributed by atoms with Crippen LogP contribution >= 0.6 is 0 Å². The first-order chi connectivity index (χ1) is 19.6. The molecule has 0 fully saturated rings. The van der Waals surface area contributed by atoms with Crippen LogP contribution in [0.25, 0.3) is 55.4 Å². The van der Waals surface area contributed by atoms with Crippen LogP contribution < -0.4 is 9.75 Å². The molecule has 0 amide bonds. The van der Waals surface area contributed by atoms with Crippen molar-refractivity contribution in [2.24, 2.45) is 7.05 Å². The fourth-order valence-corrected chi connectivity index (χ4v) is 7.07. The number of pyridine rings is 1. The van der Waals surface area contributed by atoms with Crippen molar-refractivity contribution in [2.45, 2.75) is 33.5 Å². The van der Waals surface area contributed by atoms with Crippen molar-refractivity contribution in [1.82, 2.24) is 0 Å². The van der Waals surface area contributed by atoms with Gasteiger partial charge in [0.2, 0.25) is 11.9 Å². The van der Waals surface area contributed by atoms with E-state index in [4.69, 9.17) is 4.42 Å². The number of halogens is 1. The van der Waals surface area contributed by atoms with E-state index < -0.39 is 8.07 Å². The Morgan fingerprint density at radius 3 is 1.93 bits per heavy atom. The highest BCUT2D eigenvalue weighted by Gasteiger charge is 2.29. The van der Waals surface area contributed by atoms with Crippen molar-refractivity contribution in [1.29, 1.82) is 5.26 Å². The lowest BCUT2D eigenvalue weighted by atomic mass is 9.94. The van der Waals surface area contributed by atoms with E-state index in [1.54, 1.807) is 6.20 Å². The van der Waals surface area contributed by atoms with Crippen molar-refractivity contribution >= 4 is 35.2 Å². The van der Waals surface area contributed by atoms with Crippen molar-refractivity contribution in [2.75, 3.05) is 0 Å². The highest BCUT2D eigenvalue weighted by molar-refractivity contribution is 6.88. The molecule has 0 spiro atoms. The number of aryl methyl sites for hydroxylation is 3. The number of nitriles is 1. The summed E-state index contributed by atoms with van der Waals surface area (Å²) in [5.74, 6) is -0.167. The maximum absolute atomic E-state index is 15.1. The number of fused-ring (bicyclic) bond motifs is 3. The molecule has 0 aliphatic heterocycles. The zero-order chi connectivity index (χ0) is 29.1. The van der Waals surface area contributed by atoms with Gasteiger partial charge >= 0.3 is 0 Å². The summed E-state index contributed by atoms with van der Waals surface area (Å²) < 4.78 is 23.6. The van der Waals surface area contributed by atoms with Crippen LogP contribution in [0.3, 0.4) is 0 Å². The topological polar surface area (TPSA) is 40.8 Å². The van der Waals surface area contributed by atoms with Gasteiger partial charge in [0.05, 0.1) is 25.3 Å². The fraction of sp³-hybridized carbons (Fsp3) is 0.167. The summed E-state index contributed by atoms with van der Waals surface area (Å²) >= 11 is 0. The Morgan fingerprint density at radius 1 is 0.756 bits per heavy atom. The number of hydrogen-bond acceptors (Lipinski definition) is 2. The molecule has 0 aliphatic rings. The molecule has 6 aromatic rings. The second-order valence-corrected chi connectivity index (χ2v) is 17.0. The van der Waals surface area contributed by atoms with E-state index in [0.29, 0.717) is 11.1 Å². The van der Waals surface area contributed by atoms with Gasteiger partial charge in [-0.15, -0.1) is 0 Å². The second-order valence-electron chi connectivity index (χ2n) is 11.9. The first-order valence-electron chi connectivity index (χ1n) is 13.8. The first kappa shape index (κ1) is 26.7. The smallest absolute Gasteiger partial charge is 0.216 e. The lowest BCUT2D eigenvalue weighted by Crippen LogP contribution is -2.44. The third kappa shape index (κ3) is 4.55. The first-order valence-corrected chi connectivity index (χ1v) is 17.3. The van der Waals surface area contributed by atoms with Gasteiger partial charge in [-0.25, -0.2) is 4.39 Å². The Hall–Kier alpha value is -4.53. The number of rotatable bonds is 4. The van der Waals surface area contributed by atoms with Gasteiger partial charge in [-0.05, 0) is 53.4 Å². The molecule has 2 heterocycles. The van der Waals surface area contributed by atoms with E-state index in [-0.39, 0.29) is 5.82 Å². The van der Waals surface area contributed by atoms with E-state index in [2.05, 4.69) is 100 Å². The molecule has 202 valence electrons. The zero-order valence-electron chi connectivity index (χ0n) is 24.3. The second kappa shape index (κ2) is 9.83. The lowest BCUT2D eigenvalue weighted by Gasteiger charge is -2.17. The average Bonchev–Trinajstić information content (AvgIpc) is 3.31. The summed E-state index contributed by atoms with van der Waals surface area (Å²) in [4.78, 5) is 0. The third-order valence-corrected chi connectivity index (χ3v) is 9.99. The van der Waals surface area contributed by atoms with Crippen molar-refractivity contribution in [3.63, 3.8) is 0 Å². The zero-order valence-corrected chi connectivity index (χ0v) is 25.3. The monoisotopic (exact) mass is 555 g/mol. The summed E-state index contributed by atoms with van der Waals surface area (Å²) in [5.41, 5.74) is 10.1. The molecule has 0 bridgehead atoms. The van der Waals surface area contributed by atoms with Crippen LogP contribution in [0.5, 0.6) is 0 Å². The van der Waals surface area contributed by atoms with Crippen LogP contribution in [0.15, 0.2) is 89.5 Å². The number of nitrogens with zero attached hydrogens (tertiary/aromatic N) is 2. The molecule has 6 rings (SSSR count). The number of hydrogen-bond donors (Lipinski definition) is 0. The molecule has 2 aromatic heterocycles. The number of furan rings is 1. The van der Waals surface area contributed by atoms with Gasteiger partial charge in [0.25, 0.3) is 0 Å². The highest BCUT2D eigenvalue weighted by Crippen LogP contribution is 2.42. The van der Waals surface area contributed by atoms with Crippen LogP contribution in [-0.4, -0.2) is 8.07 Å². The summed E-state index contributed by atoms with van der Waals surface area (Å²) in [6.07, 6.45) is 1.58. The van der Waals surface area contributed by atoms with Crippen LogP contribution in [0, 0.1) is 31.0 Å². The van der Waals surface area contributed by atoms with E-state index in [9.17, 15) is 5.26 Å². The van der Waals surface area contributed by atoms with Gasteiger partial charge < -0.3 is 4.42 Å². The van der Waals surface area contributed by atoms with Crippen LogP contribution in [0.4, 0.5) is 4.39 Å². The van der Waals surface area contributed by atoms with Crippen LogP contribution in [-0.2, 0) is 7.05 Å². The fourth-order valence-electron chi connectivity index (χ4n) is 5.72. The van der Waals surface area contributed by atoms with Crippen LogP contribution in [0.1, 0.15) is 16.7 Å². The van der Waals surface area contributed by atoms with E-state index in [0.717, 1.165) is 60.6 Å². The average molecular weight is 556 g/mol. The van der Waals surface area contributed by atoms with Gasteiger partial charge in [-0.2, -0.15) is 9.83 Å². The maximum atomic E-state index is 15.1. The molecule has 0 unspecified atom stereocenters. The third-order valence-electron chi connectivity index (χ3n) is 7.99. The molecule has 0 aliphatic carbocycles. The summed E-state index contributed by atoms with van der Waals surface area (Å²) in [6.45, 7) is 10.6. The molecular formula is C36H32FN2OSi+. The van der Waals surface area contributed by atoms with Gasteiger partial charge in [-0.1, -0.05) is 85.9 Å². The maximum Gasteiger partial charge on any atom is 0.216 e. The Kier molecular flexibility index (Phi) is 6.40. The molecule has 4 aromatic carbocycles. The Labute approximate surface area is 241 Å². The normalized spacial score (nSPS) is 11.8. The Bertz CT molecular complexity index is 2010. The molecule has 0 N–H and O–H groups in total. The van der Waals surface area contributed by atoms with Gasteiger partial charge in [0.15, 0.2) is 5.82 Å². The summed E-state index contributed by atoms with van der Waals surface area (Å²) in [7, 11) is -0.0573. The molecule has 0 saturated carbocycles. The van der Waals surface area contributed by atoms with Crippen molar-refractivity contribution in [3.05, 3.63) is 108 Å². The van der Waals surface area contributed by atoms with Crippen molar-refractivity contribution < 1.29 is 13.4 Å². The predicted octanol–water partition coefficient (Wildman–Crippen LogP) is 8.58. The largest absolute Gasteiger partial charge is 0.454 e. The lowest BCUT2D eigenvalue weighted by molar-refractivity contribution is -0.661. The number of benzene rings is 4. The minimum absolute atomic E-state index is 0.167. The SMILES string of the molecule is Cc1ccc(-c2ccc(-c3c(C#N)ccc4c3oc3c(-c5cc([Si](C)(C)C)c(F)c[n+]5C)c(C)ccc34)cc2)cc1. The molecule has 41 heavy (non-hydrogen) atoms. The minimum atomic E-state index is -1.93. The van der Waals surface area contributed by atoms with Gasteiger partial charge in [0.1, 0.15) is 18.2 Å². The molecule has 5 heteroatoms. The highest BCUT2D eigenvalue weighted by atomic mass is 28.3. The summed E-state index contributed by atoms with van der Waals surface area (Å²) in [5, 5.41) is 12.8. The Balaban J connectivity index is 1.59. The van der Waals surface area contributed by atoms with Gasteiger partial charge in [0, 0.05) is 22.4 Å². The minimum Gasteiger partial charge on any atom is -0.454 e. The molecule has 0 saturated heterocycles. The van der Waals surface area contributed by atoms with E-state index >= 15 is 4.39 Å². The quantitative estimate of drug-likeness (QED) is 0.161. The molecular weight excluding hydrogens is 523 g/mol. The number of aromatic nitrogens is 1. The predicted molar refractivity (Wildman–Crippen MR) is 168 cm³/mol. The van der Waals surface area contributed by atoms with E-state index in [1.807, 2.05) is 29.8 Å². The molecule has 3 nitrogen and oxygen atoms in total. The van der Waals surface area contributed by atoms with E-state index in [1.165, 1.54) is 5.56 Å². The van der Waals surface area contributed by atoms with Crippen molar-refractivity contribution in [3.8, 4) is 39.6 Å². The van der Waals surface area contributed by atoms with Gasteiger partial charge in [-0.3, -0.25) is 0 Å². The molecule has 0 radical (unpaired) electrons. The summed E-state index contributed by atoms with van der Waals surface area (Å²) in [6, 6.07) is 29.2. The molecule has 0 atom stereocenters. The Morgan fingerprint density at radius 2 is 1.32 bits per heavy atom.